The molecule has 0 saturated heterocycles. The average molecular weight is 349 g/mol. The van der Waals surface area contributed by atoms with E-state index in [2.05, 4.69) is 4.98 Å². The highest BCUT2D eigenvalue weighted by Gasteiger charge is 2.20. The van der Waals surface area contributed by atoms with Crippen molar-refractivity contribution in [3.05, 3.63) is 58.7 Å². The predicted molar refractivity (Wildman–Crippen MR) is 83.6 cm³/mol. The van der Waals surface area contributed by atoms with E-state index >= 15 is 0 Å². The number of pyridine rings is 1. The fraction of sp³-hybridized carbons (Fsp3) is 0.188. The number of hydroxylamine groups is 1. The van der Waals surface area contributed by atoms with E-state index in [1.54, 1.807) is 0 Å². The van der Waals surface area contributed by atoms with Crippen LogP contribution in [0.25, 0.3) is 0 Å². The number of halogens is 1. The highest BCUT2D eigenvalue weighted by atomic mass is 19.1. The fourth-order valence-corrected chi connectivity index (χ4v) is 2.22. The van der Waals surface area contributed by atoms with Crippen molar-refractivity contribution in [3.63, 3.8) is 0 Å². The Hall–Kier alpha value is -3.20. The average Bonchev–Trinajstić information content (AvgIpc) is 2.59. The SMILES string of the molecule is Cc1c(CN(Cc2ccc(F)cc2)C(=O)O)cnc(C(=O)NO)c1O. The Bertz CT molecular complexity index is 795. The molecule has 0 saturated carbocycles. The Morgan fingerprint density at radius 1 is 1.24 bits per heavy atom. The summed E-state index contributed by atoms with van der Waals surface area (Å²) in [5, 5.41) is 28.0. The number of carboxylic acid groups (broad SMARTS) is 1. The summed E-state index contributed by atoms with van der Waals surface area (Å²) in [6.07, 6.45) is 0.0423. The number of benzene rings is 1. The molecule has 0 atom stereocenters. The first-order valence-electron chi connectivity index (χ1n) is 7.17. The maximum atomic E-state index is 12.9. The minimum absolute atomic E-state index is 0.00862. The topological polar surface area (TPSA) is 123 Å². The summed E-state index contributed by atoms with van der Waals surface area (Å²) in [5.74, 6) is -1.85. The highest BCUT2D eigenvalue weighted by molar-refractivity contribution is 5.94. The minimum Gasteiger partial charge on any atom is -0.505 e. The molecule has 0 fully saturated rings. The van der Waals surface area contributed by atoms with Gasteiger partial charge >= 0.3 is 6.09 Å². The maximum Gasteiger partial charge on any atom is 0.407 e. The number of hydrogen-bond acceptors (Lipinski definition) is 5. The zero-order valence-corrected chi connectivity index (χ0v) is 13.2. The third-order valence-corrected chi connectivity index (χ3v) is 3.65. The van der Waals surface area contributed by atoms with Gasteiger partial charge in [-0.1, -0.05) is 12.1 Å². The molecule has 0 aliphatic heterocycles. The van der Waals surface area contributed by atoms with Crippen molar-refractivity contribution in [3.8, 4) is 5.75 Å². The van der Waals surface area contributed by atoms with Crippen LogP contribution in [0.4, 0.5) is 9.18 Å². The van der Waals surface area contributed by atoms with Crippen LogP contribution in [0.15, 0.2) is 30.5 Å². The smallest absolute Gasteiger partial charge is 0.407 e. The van der Waals surface area contributed by atoms with Crippen molar-refractivity contribution in [1.82, 2.24) is 15.4 Å². The number of rotatable bonds is 5. The van der Waals surface area contributed by atoms with Gasteiger partial charge in [-0.05, 0) is 35.7 Å². The molecule has 0 radical (unpaired) electrons. The molecular formula is C16H16FN3O5. The second kappa shape index (κ2) is 7.58. The van der Waals surface area contributed by atoms with Crippen molar-refractivity contribution < 1.29 is 29.4 Å². The molecule has 132 valence electrons. The van der Waals surface area contributed by atoms with Gasteiger partial charge in [-0.2, -0.15) is 0 Å². The van der Waals surface area contributed by atoms with Crippen LogP contribution < -0.4 is 5.48 Å². The third kappa shape index (κ3) is 4.21. The van der Waals surface area contributed by atoms with Gasteiger partial charge in [0.1, 0.15) is 11.6 Å². The van der Waals surface area contributed by atoms with Crippen LogP contribution in [0, 0.1) is 12.7 Å². The second-order valence-corrected chi connectivity index (χ2v) is 5.31. The number of aromatic hydroxyl groups is 1. The van der Waals surface area contributed by atoms with Gasteiger partial charge in [0.15, 0.2) is 5.69 Å². The Morgan fingerprint density at radius 2 is 1.88 bits per heavy atom. The molecule has 0 aliphatic carbocycles. The largest absolute Gasteiger partial charge is 0.505 e. The number of carbonyl (C=O) groups is 2. The van der Waals surface area contributed by atoms with Crippen molar-refractivity contribution >= 4 is 12.0 Å². The number of amides is 2. The van der Waals surface area contributed by atoms with Crippen LogP contribution >= 0.6 is 0 Å². The van der Waals surface area contributed by atoms with Crippen LogP contribution in [0.1, 0.15) is 27.2 Å². The summed E-state index contributed by atoms with van der Waals surface area (Å²) in [5.41, 5.74) is 2.24. The molecule has 25 heavy (non-hydrogen) atoms. The van der Waals surface area contributed by atoms with Gasteiger partial charge < -0.3 is 10.2 Å². The summed E-state index contributed by atoms with van der Waals surface area (Å²) < 4.78 is 12.9. The molecule has 2 aromatic rings. The predicted octanol–water partition coefficient (Wildman–Crippen LogP) is 2.03. The molecule has 2 amide bonds. The molecule has 2 rings (SSSR count). The lowest BCUT2D eigenvalue weighted by Crippen LogP contribution is -2.29. The van der Waals surface area contributed by atoms with Gasteiger partial charge in [-0.3, -0.25) is 14.9 Å². The van der Waals surface area contributed by atoms with Crippen molar-refractivity contribution in [2.75, 3.05) is 0 Å². The zero-order valence-electron chi connectivity index (χ0n) is 13.2. The summed E-state index contributed by atoms with van der Waals surface area (Å²) in [6.45, 7) is 1.41. The second-order valence-electron chi connectivity index (χ2n) is 5.31. The first kappa shape index (κ1) is 18.1. The molecule has 9 heteroatoms. The van der Waals surface area contributed by atoms with Gasteiger partial charge in [0.05, 0.1) is 6.54 Å². The molecule has 0 unspecified atom stereocenters. The molecule has 0 aliphatic rings. The normalized spacial score (nSPS) is 10.4. The van der Waals surface area contributed by atoms with E-state index in [0.29, 0.717) is 11.1 Å². The Balaban J connectivity index is 2.25. The van der Waals surface area contributed by atoms with Gasteiger partial charge in [0.25, 0.3) is 5.91 Å². The quantitative estimate of drug-likeness (QED) is 0.484. The van der Waals surface area contributed by atoms with Crippen LogP contribution in [0.5, 0.6) is 5.75 Å². The van der Waals surface area contributed by atoms with Crippen molar-refractivity contribution in [1.29, 1.82) is 0 Å². The van der Waals surface area contributed by atoms with E-state index in [0.717, 1.165) is 4.90 Å². The summed E-state index contributed by atoms with van der Waals surface area (Å²) in [4.78, 5) is 27.7. The van der Waals surface area contributed by atoms with E-state index < -0.39 is 23.6 Å². The number of hydrogen-bond donors (Lipinski definition) is 4. The fourth-order valence-electron chi connectivity index (χ4n) is 2.22. The number of carbonyl (C=O) groups excluding carboxylic acids is 1. The lowest BCUT2D eigenvalue weighted by molar-refractivity contribution is 0.0697. The van der Waals surface area contributed by atoms with Crippen LogP contribution in [-0.4, -0.2) is 37.3 Å². The zero-order chi connectivity index (χ0) is 18.6. The number of aromatic nitrogens is 1. The van der Waals surface area contributed by atoms with Crippen LogP contribution in [-0.2, 0) is 13.1 Å². The maximum absolute atomic E-state index is 12.9. The summed E-state index contributed by atoms with van der Waals surface area (Å²) in [6, 6.07) is 5.41. The molecule has 1 heterocycles. The molecule has 0 bridgehead atoms. The van der Waals surface area contributed by atoms with E-state index in [9.17, 15) is 24.2 Å². The molecular weight excluding hydrogens is 333 g/mol. The molecule has 0 spiro atoms. The minimum atomic E-state index is -1.21. The molecule has 1 aromatic carbocycles. The van der Waals surface area contributed by atoms with Gasteiger partial charge in [-0.15, -0.1) is 0 Å². The Labute approximate surface area is 142 Å². The lowest BCUT2D eigenvalue weighted by Gasteiger charge is -2.21. The van der Waals surface area contributed by atoms with E-state index in [4.69, 9.17) is 5.21 Å². The highest BCUT2D eigenvalue weighted by Crippen LogP contribution is 2.24. The standard InChI is InChI=1S/C16H16FN3O5/c1-9-11(6-18-13(14(9)21)15(22)19-25)8-20(16(23)24)7-10-2-4-12(17)5-3-10/h2-6,21,25H,7-8H2,1H3,(H,19,22)(H,23,24). The Kier molecular flexibility index (Phi) is 5.50. The van der Waals surface area contributed by atoms with Gasteiger partial charge in [0.2, 0.25) is 0 Å². The first-order chi connectivity index (χ1) is 11.8. The van der Waals surface area contributed by atoms with Crippen LogP contribution in [0.3, 0.4) is 0 Å². The molecule has 4 N–H and O–H groups in total. The third-order valence-electron chi connectivity index (χ3n) is 3.65. The molecule has 8 nitrogen and oxygen atoms in total. The summed E-state index contributed by atoms with van der Waals surface area (Å²) >= 11 is 0. The van der Waals surface area contributed by atoms with E-state index in [1.807, 2.05) is 0 Å². The van der Waals surface area contributed by atoms with Gasteiger partial charge in [0, 0.05) is 12.7 Å². The van der Waals surface area contributed by atoms with Crippen LogP contribution in [0.2, 0.25) is 0 Å². The first-order valence-corrected chi connectivity index (χ1v) is 7.17. The Morgan fingerprint density at radius 3 is 2.44 bits per heavy atom. The van der Waals surface area contributed by atoms with E-state index in [1.165, 1.54) is 42.9 Å². The summed E-state index contributed by atoms with van der Waals surface area (Å²) in [7, 11) is 0. The number of nitrogens with one attached hydrogen (secondary N) is 1. The van der Waals surface area contributed by atoms with Crippen molar-refractivity contribution in [2.45, 2.75) is 20.0 Å². The lowest BCUT2D eigenvalue weighted by atomic mass is 10.1. The van der Waals surface area contributed by atoms with Crippen molar-refractivity contribution in [2.24, 2.45) is 0 Å². The molecule has 1 aromatic heterocycles. The monoisotopic (exact) mass is 349 g/mol. The number of nitrogens with zero attached hydrogens (tertiary/aromatic N) is 2. The van der Waals surface area contributed by atoms with Gasteiger partial charge in [-0.25, -0.2) is 19.6 Å². The van der Waals surface area contributed by atoms with E-state index in [-0.39, 0.29) is 24.3 Å².